The molecule has 1 fully saturated rings. The summed E-state index contributed by atoms with van der Waals surface area (Å²) < 4.78 is 79.9. The quantitative estimate of drug-likeness (QED) is 0.417. The first-order chi connectivity index (χ1) is 17.2. The smallest absolute Gasteiger partial charge is 0.433 e. The lowest BCUT2D eigenvalue weighted by Crippen LogP contribution is -2.28. The van der Waals surface area contributed by atoms with Crippen molar-refractivity contribution in [1.29, 1.82) is 0 Å². The SMILES string of the molecule is O=c1nc(OCc2cc(F)c(Oc3ccnc(C(F)(F)F)c3)c(F)c2)cc2n1CC1CCCC1CC2. The normalized spacial score (nSPS) is 19.4. The molecule has 6 nitrogen and oxygen atoms in total. The zero-order valence-corrected chi connectivity index (χ0v) is 19.0. The Morgan fingerprint density at radius 2 is 1.78 bits per heavy atom. The van der Waals surface area contributed by atoms with Crippen molar-refractivity contribution in [3.8, 4) is 17.4 Å². The minimum absolute atomic E-state index is 0.0657. The number of ether oxygens (including phenoxy) is 2. The minimum atomic E-state index is -4.73. The second-order valence-electron chi connectivity index (χ2n) is 9.12. The van der Waals surface area contributed by atoms with Gasteiger partial charge in [-0.3, -0.25) is 9.55 Å². The van der Waals surface area contributed by atoms with Gasteiger partial charge in [0.25, 0.3) is 0 Å². The first-order valence-corrected chi connectivity index (χ1v) is 11.6. The molecule has 3 aromatic rings. The molecular formula is C25H22F5N3O3. The van der Waals surface area contributed by atoms with Crippen LogP contribution in [0.15, 0.2) is 41.3 Å². The molecule has 0 saturated heterocycles. The van der Waals surface area contributed by atoms with Gasteiger partial charge in [0.1, 0.15) is 18.1 Å². The van der Waals surface area contributed by atoms with Gasteiger partial charge in [0.15, 0.2) is 17.4 Å². The predicted molar refractivity (Wildman–Crippen MR) is 118 cm³/mol. The molecule has 0 amide bonds. The molecule has 36 heavy (non-hydrogen) atoms. The van der Waals surface area contributed by atoms with Crippen molar-refractivity contribution in [2.75, 3.05) is 0 Å². The maximum absolute atomic E-state index is 14.6. The van der Waals surface area contributed by atoms with Crippen molar-refractivity contribution in [2.24, 2.45) is 11.8 Å². The number of nitrogens with zero attached hydrogens (tertiary/aromatic N) is 3. The van der Waals surface area contributed by atoms with E-state index in [9.17, 15) is 26.7 Å². The number of fused-ring (bicyclic) bond motifs is 2. The second-order valence-corrected chi connectivity index (χ2v) is 9.12. The number of hydrogen-bond donors (Lipinski definition) is 0. The van der Waals surface area contributed by atoms with Crippen LogP contribution in [-0.4, -0.2) is 14.5 Å². The van der Waals surface area contributed by atoms with Gasteiger partial charge in [-0.1, -0.05) is 12.8 Å². The Bertz CT molecular complexity index is 1320. The third-order valence-electron chi connectivity index (χ3n) is 6.76. The van der Waals surface area contributed by atoms with E-state index >= 15 is 0 Å². The molecule has 11 heteroatoms. The van der Waals surface area contributed by atoms with Crippen molar-refractivity contribution < 1.29 is 31.4 Å². The lowest BCUT2D eigenvalue weighted by molar-refractivity contribution is -0.141. The minimum Gasteiger partial charge on any atom is -0.473 e. The highest BCUT2D eigenvalue weighted by Crippen LogP contribution is 2.38. The summed E-state index contributed by atoms with van der Waals surface area (Å²) in [6.07, 6.45) is 1.29. The maximum Gasteiger partial charge on any atom is 0.433 e. The summed E-state index contributed by atoms with van der Waals surface area (Å²) in [4.78, 5) is 19.8. The van der Waals surface area contributed by atoms with Crippen LogP contribution in [0.4, 0.5) is 22.0 Å². The summed E-state index contributed by atoms with van der Waals surface area (Å²) >= 11 is 0. The van der Waals surface area contributed by atoms with Gasteiger partial charge in [-0.2, -0.15) is 18.2 Å². The van der Waals surface area contributed by atoms with E-state index in [4.69, 9.17) is 9.47 Å². The molecule has 190 valence electrons. The van der Waals surface area contributed by atoms with Gasteiger partial charge in [-0.25, -0.2) is 13.6 Å². The molecule has 2 aromatic heterocycles. The highest BCUT2D eigenvalue weighted by molar-refractivity contribution is 5.36. The lowest BCUT2D eigenvalue weighted by Gasteiger charge is -2.16. The molecule has 1 saturated carbocycles. The Kier molecular flexibility index (Phi) is 6.40. The van der Waals surface area contributed by atoms with Crippen LogP contribution in [0, 0.1) is 23.5 Å². The molecule has 5 rings (SSSR count). The van der Waals surface area contributed by atoms with Gasteiger partial charge in [0.2, 0.25) is 5.88 Å². The van der Waals surface area contributed by atoms with E-state index < -0.39 is 40.7 Å². The fourth-order valence-electron chi connectivity index (χ4n) is 5.01. The van der Waals surface area contributed by atoms with Gasteiger partial charge in [0.05, 0.1) is 0 Å². The van der Waals surface area contributed by atoms with E-state index in [1.807, 2.05) is 0 Å². The maximum atomic E-state index is 14.6. The molecule has 2 unspecified atom stereocenters. The highest BCUT2D eigenvalue weighted by atomic mass is 19.4. The third-order valence-corrected chi connectivity index (χ3v) is 6.76. The number of alkyl halides is 3. The number of hydrogen-bond acceptors (Lipinski definition) is 5. The van der Waals surface area contributed by atoms with Crippen LogP contribution in [0.25, 0.3) is 0 Å². The summed E-state index contributed by atoms with van der Waals surface area (Å²) in [5.41, 5.74) is -0.740. The monoisotopic (exact) mass is 507 g/mol. The number of aromatic nitrogens is 3. The fourth-order valence-corrected chi connectivity index (χ4v) is 5.01. The summed E-state index contributed by atoms with van der Waals surface area (Å²) in [7, 11) is 0. The summed E-state index contributed by atoms with van der Waals surface area (Å²) in [6.45, 7) is 0.370. The standard InChI is InChI=1S/C25H22F5N3O3/c26-19-8-14(9-20(27)23(19)36-18-6-7-31-21(11-18)25(28,29)30)13-35-22-10-17-5-4-15-2-1-3-16(15)12-33(17)24(34)32-22/h6-11,15-16H,1-5,12-13H2. The number of aryl methyl sites for hydroxylation is 1. The van der Waals surface area contributed by atoms with Crippen molar-refractivity contribution in [2.45, 2.75) is 51.4 Å². The van der Waals surface area contributed by atoms with Gasteiger partial charge in [0, 0.05) is 30.6 Å². The molecule has 0 radical (unpaired) electrons. The Labute approximate surface area is 202 Å². The number of rotatable bonds is 5. The van der Waals surface area contributed by atoms with Gasteiger partial charge >= 0.3 is 11.9 Å². The molecule has 2 aliphatic rings. The van der Waals surface area contributed by atoms with Crippen LogP contribution < -0.4 is 15.2 Å². The van der Waals surface area contributed by atoms with Crippen molar-refractivity contribution in [1.82, 2.24) is 14.5 Å². The molecule has 2 atom stereocenters. The Morgan fingerprint density at radius 3 is 2.53 bits per heavy atom. The molecular weight excluding hydrogens is 485 g/mol. The van der Waals surface area contributed by atoms with Crippen LogP contribution in [0.1, 0.15) is 42.6 Å². The van der Waals surface area contributed by atoms with Crippen molar-refractivity contribution in [3.63, 3.8) is 0 Å². The molecule has 1 aromatic carbocycles. The van der Waals surface area contributed by atoms with Crippen molar-refractivity contribution >= 4 is 0 Å². The first kappa shape index (κ1) is 24.2. The average molecular weight is 507 g/mol. The van der Waals surface area contributed by atoms with Gasteiger partial charge < -0.3 is 9.47 Å². The van der Waals surface area contributed by atoms with Crippen LogP contribution in [0.3, 0.4) is 0 Å². The zero-order chi connectivity index (χ0) is 25.4. The molecule has 1 aliphatic heterocycles. The van der Waals surface area contributed by atoms with Crippen LogP contribution in [0.5, 0.6) is 17.4 Å². The van der Waals surface area contributed by atoms with E-state index in [0.717, 1.165) is 49.4 Å². The van der Waals surface area contributed by atoms with Crippen LogP contribution in [-0.2, 0) is 25.7 Å². The largest absolute Gasteiger partial charge is 0.473 e. The van der Waals surface area contributed by atoms with Crippen LogP contribution >= 0.6 is 0 Å². The predicted octanol–water partition coefficient (Wildman–Crippen LogP) is 5.67. The zero-order valence-electron chi connectivity index (χ0n) is 19.0. The molecule has 0 N–H and O–H groups in total. The molecule has 0 bridgehead atoms. The topological polar surface area (TPSA) is 66.2 Å². The van der Waals surface area contributed by atoms with Gasteiger partial charge in [-0.05, 0) is 54.9 Å². The van der Waals surface area contributed by atoms with E-state index in [-0.39, 0.29) is 18.1 Å². The Morgan fingerprint density at radius 1 is 1.03 bits per heavy atom. The van der Waals surface area contributed by atoms with E-state index in [1.165, 1.54) is 12.8 Å². The van der Waals surface area contributed by atoms with Crippen LogP contribution in [0.2, 0.25) is 0 Å². The first-order valence-electron chi connectivity index (χ1n) is 11.6. The number of halogens is 5. The molecule has 0 spiro atoms. The van der Waals surface area contributed by atoms with E-state index in [2.05, 4.69) is 9.97 Å². The fraction of sp³-hybridized carbons (Fsp3) is 0.400. The number of benzene rings is 1. The van der Waals surface area contributed by atoms with E-state index in [0.29, 0.717) is 24.4 Å². The summed E-state index contributed by atoms with van der Waals surface area (Å²) in [5, 5.41) is 0. The lowest BCUT2D eigenvalue weighted by atomic mass is 9.93. The van der Waals surface area contributed by atoms with E-state index in [1.54, 1.807) is 10.6 Å². The average Bonchev–Trinajstić information content (AvgIpc) is 3.19. The summed E-state index contributed by atoms with van der Waals surface area (Å²) in [5.74, 6) is -2.37. The number of pyridine rings is 1. The highest BCUT2D eigenvalue weighted by Gasteiger charge is 2.33. The molecule has 1 aliphatic carbocycles. The Balaban J connectivity index is 1.30. The van der Waals surface area contributed by atoms with Crippen molar-refractivity contribution in [3.05, 3.63) is 75.6 Å². The summed E-state index contributed by atoms with van der Waals surface area (Å²) in [6, 6.07) is 5.18. The van der Waals surface area contributed by atoms with Gasteiger partial charge in [-0.15, -0.1) is 0 Å². The second kappa shape index (κ2) is 9.51. The third kappa shape index (κ3) is 5.05. The molecule has 3 heterocycles. The Hall–Kier alpha value is -3.50.